The molecule has 104 valence electrons. The van der Waals surface area contributed by atoms with Gasteiger partial charge in [0.2, 0.25) is 0 Å². The summed E-state index contributed by atoms with van der Waals surface area (Å²) in [5.74, 6) is 0.360. The second-order valence-corrected chi connectivity index (χ2v) is 6.00. The van der Waals surface area contributed by atoms with Crippen LogP contribution < -0.4 is 5.32 Å². The largest absolute Gasteiger partial charge is 0.508 e. The molecular weight excluding hydrogens is 236 g/mol. The highest BCUT2D eigenvalue weighted by molar-refractivity contribution is 5.26. The normalized spacial score (nSPS) is 30.7. The number of hydrogen-bond donors (Lipinski definition) is 2. The number of piperidine rings is 1. The SMILES string of the molecule is CNC1CC2CCC(C1)N2CCc1ccc(O)cc1. The van der Waals surface area contributed by atoms with Crippen molar-refractivity contribution in [1.82, 2.24) is 10.2 Å². The summed E-state index contributed by atoms with van der Waals surface area (Å²) in [6, 6.07) is 9.95. The maximum absolute atomic E-state index is 9.31. The number of aromatic hydroxyl groups is 1. The van der Waals surface area contributed by atoms with Gasteiger partial charge in [-0.15, -0.1) is 0 Å². The van der Waals surface area contributed by atoms with Crippen molar-refractivity contribution >= 4 is 0 Å². The van der Waals surface area contributed by atoms with Crippen molar-refractivity contribution in [3.8, 4) is 5.75 Å². The van der Waals surface area contributed by atoms with Crippen LogP contribution in [0.3, 0.4) is 0 Å². The van der Waals surface area contributed by atoms with E-state index >= 15 is 0 Å². The fourth-order valence-corrected chi connectivity index (χ4v) is 3.80. The third kappa shape index (κ3) is 2.77. The van der Waals surface area contributed by atoms with Gasteiger partial charge in [0, 0.05) is 24.7 Å². The number of rotatable bonds is 4. The highest BCUT2D eigenvalue weighted by Gasteiger charge is 2.39. The van der Waals surface area contributed by atoms with Gasteiger partial charge in [-0.2, -0.15) is 0 Å². The Balaban J connectivity index is 1.58. The summed E-state index contributed by atoms with van der Waals surface area (Å²) >= 11 is 0. The van der Waals surface area contributed by atoms with Crippen molar-refractivity contribution < 1.29 is 5.11 Å². The number of fused-ring (bicyclic) bond motifs is 2. The van der Waals surface area contributed by atoms with Gasteiger partial charge in [-0.25, -0.2) is 0 Å². The minimum Gasteiger partial charge on any atom is -0.508 e. The molecule has 0 spiro atoms. The molecule has 2 aliphatic rings. The van der Waals surface area contributed by atoms with Crippen molar-refractivity contribution in [3.05, 3.63) is 29.8 Å². The van der Waals surface area contributed by atoms with Crippen LogP contribution in [0.25, 0.3) is 0 Å². The number of benzene rings is 1. The van der Waals surface area contributed by atoms with Crippen LogP contribution in [0, 0.1) is 0 Å². The molecule has 3 heteroatoms. The van der Waals surface area contributed by atoms with E-state index in [1.54, 1.807) is 12.1 Å². The Hall–Kier alpha value is -1.06. The molecule has 0 aliphatic carbocycles. The number of nitrogens with one attached hydrogen (secondary N) is 1. The first kappa shape index (κ1) is 12.9. The monoisotopic (exact) mass is 260 g/mol. The molecule has 1 aromatic carbocycles. The molecule has 1 aromatic rings. The molecule has 2 fully saturated rings. The second kappa shape index (κ2) is 5.51. The summed E-state index contributed by atoms with van der Waals surface area (Å²) in [4.78, 5) is 2.72. The molecule has 0 saturated carbocycles. The first-order valence-corrected chi connectivity index (χ1v) is 7.47. The quantitative estimate of drug-likeness (QED) is 0.871. The van der Waals surface area contributed by atoms with Crippen molar-refractivity contribution in [3.63, 3.8) is 0 Å². The van der Waals surface area contributed by atoms with Gasteiger partial charge in [-0.1, -0.05) is 12.1 Å². The van der Waals surface area contributed by atoms with Crippen LogP contribution in [-0.2, 0) is 6.42 Å². The van der Waals surface area contributed by atoms with Crippen molar-refractivity contribution in [2.24, 2.45) is 0 Å². The van der Waals surface area contributed by atoms with Crippen LogP contribution in [0.1, 0.15) is 31.2 Å². The van der Waals surface area contributed by atoms with E-state index in [1.807, 2.05) is 12.1 Å². The van der Waals surface area contributed by atoms with Gasteiger partial charge in [0.05, 0.1) is 0 Å². The third-order valence-electron chi connectivity index (χ3n) is 4.89. The Morgan fingerprint density at radius 3 is 2.37 bits per heavy atom. The minimum absolute atomic E-state index is 0.360. The van der Waals surface area contributed by atoms with Crippen molar-refractivity contribution in [2.75, 3.05) is 13.6 Å². The zero-order valence-electron chi connectivity index (χ0n) is 11.7. The van der Waals surface area contributed by atoms with E-state index in [0.717, 1.165) is 31.1 Å². The van der Waals surface area contributed by atoms with Crippen molar-refractivity contribution in [2.45, 2.75) is 50.2 Å². The maximum atomic E-state index is 9.31. The molecule has 2 unspecified atom stereocenters. The topological polar surface area (TPSA) is 35.5 Å². The zero-order chi connectivity index (χ0) is 13.2. The Bertz CT molecular complexity index is 403. The fraction of sp³-hybridized carbons (Fsp3) is 0.625. The van der Waals surface area contributed by atoms with E-state index in [9.17, 15) is 5.11 Å². The Labute approximate surface area is 115 Å². The van der Waals surface area contributed by atoms with E-state index < -0.39 is 0 Å². The van der Waals surface area contributed by atoms with E-state index in [1.165, 1.54) is 31.2 Å². The van der Waals surface area contributed by atoms with Gasteiger partial charge >= 0.3 is 0 Å². The summed E-state index contributed by atoms with van der Waals surface area (Å²) in [5.41, 5.74) is 1.33. The highest BCUT2D eigenvalue weighted by atomic mass is 16.3. The van der Waals surface area contributed by atoms with Gasteiger partial charge < -0.3 is 10.4 Å². The summed E-state index contributed by atoms with van der Waals surface area (Å²) in [6.45, 7) is 1.16. The lowest BCUT2D eigenvalue weighted by molar-refractivity contribution is 0.121. The Morgan fingerprint density at radius 1 is 1.16 bits per heavy atom. The lowest BCUT2D eigenvalue weighted by Crippen LogP contribution is -2.48. The van der Waals surface area contributed by atoms with Crippen LogP contribution in [0.2, 0.25) is 0 Å². The molecule has 2 saturated heterocycles. The molecular formula is C16H24N2O. The van der Waals surface area contributed by atoms with Crippen LogP contribution in [0.15, 0.2) is 24.3 Å². The third-order valence-corrected chi connectivity index (χ3v) is 4.89. The van der Waals surface area contributed by atoms with Gasteiger partial charge in [0.1, 0.15) is 5.75 Å². The molecule has 2 atom stereocenters. The van der Waals surface area contributed by atoms with Crippen LogP contribution in [0.4, 0.5) is 0 Å². The Morgan fingerprint density at radius 2 is 1.79 bits per heavy atom. The zero-order valence-corrected chi connectivity index (χ0v) is 11.7. The van der Waals surface area contributed by atoms with Gasteiger partial charge in [-0.05, 0) is 56.8 Å². The lowest BCUT2D eigenvalue weighted by Gasteiger charge is -2.39. The van der Waals surface area contributed by atoms with Gasteiger partial charge in [-0.3, -0.25) is 4.90 Å². The molecule has 3 nitrogen and oxygen atoms in total. The van der Waals surface area contributed by atoms with Gasteiger partial charge in [0.25, 0.3) is 0 Å². The molecule has 2 aliphatic heterocycles. The standard InChI is InChI=1S/C16H24N2O/c1-17-13-10-14-4-5-15(11-13)18(14)9-8-12-2-6-16(19)7-3-12/h2-3,6-7,13-15,17,19H,4-5,8-11H2,1H3. The minimum atomic E-state index is 0.360. The fourth-order valence-electron chi connectivity index (χ4n) is 3.80. The summed E-state index contributed by atoms with van der Waals surface area (Å²) in [5, 5.41) is 12.8. The molecule has 2 bridgehead atoms. The number of phenolic OH excluding ortho intramolecular Hbond substituents is 1. The predicted molar refractivity (Wildman–Crippen MR) is 77.4 cm³/mol. The summed E-state index contributed by atoms with van der Waals surface area (Å²) in [6.07, 6.45) is 6.46. The molecule has 19 heavy (non-hydrogen) atoms. The lowest BCUT2D eigenvalue weighted by atomic mass is 9.97. The van der Waals surface area contributed by atoms with E-state index in [2.05, 4.69) is 17.3 Å². The maximum Gasteiger partial charge on any atom is 0.115 e. The van der Waals surface area contributed by atoms with Crippen LogP contribution in [0.5, 0.6) is 5.75 Å². The smallest absolute Gasteiger partial charge is 0.115 e. The summed E-state index contributed by atoms with van der Waals surface area (Å²) in [7, 11) is 2.09. The molecule has 0 amide bonds. The summed E-state index contributed by atoms with van der Waals surface area (Å²) < 4.78 is 0. The van der Waals surface area contributed by atoms with Crippen molar-refractivity contribution in [1.29, 1.82) is 0 Å². The Kier molecular flexibility index (Phi) is 3.76. The van der Waals surface area contributed by atoms with Crippen LogP contribution >= 0.6 is 0 Å². The number of nitrogens with zero attached hydrogens (tertiary/aromatic N) is 1. The number of phenols is 1. The molecule has 2 N–H and O–H groups in total. The molecule has 3 rings (SSSR count). The highest BCUT2D eigenvalue weighted by Crippen LogP contribution is 2.35. The van der Waals surface area contributed by atoms with E-state index in [0.29, 0.717) is 5.75 Å². The second-order valence-electron chi connectivity index (χ2n) is 6.00. The molecule has 0 aromatic heterocycles. The molecule has 2 heterocycles. The first-order chi connectivity index (χ1) is 9.26. The average molecular weight is 260 g/mol. The van der Waals surface area contributed by atoms with Gasteiger partial charge in [0.15, 0.2) is 0 Å². The van der Waals surface area contributed by atoms with Crippen LogP contribution in [-0.4, -0.2) is 41.7 Å². The predicted octanol–water partition coefficient (Wildman–Crippen LogP) is 2.15. The number of hydrogen-bond acceptors (Lipinski definition) is 3. The average Bonchev–Trinajstić information content (AvgIpc) is 2.67. The van der Waals surface area contributed by atoms with E-state index in [4.69, 9.17) is 0 Å². The first-order valence-electron chi connectivity index (χ1n) is 7.47. The molecule has 0 radical (unpaired) electrons. The van der Waals surface area contributed by atoms with E-state index in [-0.39, 0.29) is 0 Å².